The molecule has 0 spiro atoms. The van der Waals surface area contributed by atoms with E-state index in [1.165, 1.54) is 0 Å². The van der Waals surface area contributed by atoms with E-state index in [2.05, 4.69) is 16.7 Å². The maximum Gasteiger partial charge on any atom is 0.258 e. The van der Waals surface area contributed by atoms with Crippen molar-refractivity contribution in [2.24, 2.45) is 0 Å². The largest absolute Gasteiger partial charge is 0.321 e. The van der Waals surface area contributed by atoms with E-state index in [9.17, 15) is 9.59 Å². The summed E-state index contributed by atoms with van der Waals surface area (Å²) in [6.45, 7) is 0. The number of carbonyl (C=O) groups excluding carboxylic acids is 2. The first kappa shape index (κ1) is 14.0. The van der Waals surface area contributed by atoms with Crippen molar-refractivity contribution in [3.63, 3.8) is 0 Å². The Labute approximate surface area is 137 Å². The van der Waals surface area contributed by atoms with Crippen LogP contribution in [0.25, 0.3) is 11.4 Å². The molecule has 2 aromatic carbocycles. The van der Waals surface area contributed by atoms with Gasteiger partial charge < -0.3 is 10.6 Å². The second-order valence-electron chi connectivity index (χ2n) is 5.47. The molecule has 0 radical (unpaired) electrons. The van der Waals surface area contributed by atoms with Gasteiger partial charge in [-0.2, -0.15) is 5.26 Å². The molecule has 0 aromatic heterocycles. The van der Waals surface area contributed by atoms with E-state index in [0.717, 1.165) is 5.56 Å². The minimum absolute atomic E-state index is 0.320. The van der Waals surface area contributed by atoms with Gasteiger partial charge in [0.25, 0.3) is 11.8 Å². The van der Waals surface area contributed by atoms with Gasteiger partial charge in [0, 0.05) is 5.56 Å². The van der Waals surface area contributed by atoms with E-state index in [0.29, 0.717) is 33.7 Å². The summed E-state index contributed by atoms with van der Waals surface area (Å²) in [5.74, 6) is -0.640. The van der Waals surface area contributed by atoms with Gasteiger partial charge in [-0.05, 0) is 17.7 Å². The molecule has 0 unspecified atom stereocenters. The van der Waals surface area contributed by atoms with Crippen LogP contribution in [0.3, 0.4) is 0 Å². The average Bonchev–Trinajstić information content (AvgIpc) is 3.15. The number of amides is 2. The second kappa shape index (κ2) is 5.21. The summed E-state index contributed by atoms with van der Waals surface area (Å²) in [5, 5.41) is 14.6. The van der Waals surface area contributed by atoms with Crippen LogP contribution in [0.4, 0.5) is 0 Å². The molecule has 0 fully saturated rings. The van der Waals surface area contributed by atoms with Crippen molar-refractivity contribution >= 4 is 23.2 Å². The van der Waals surface area contributed by atoms with Crippen LogP contribution in [0.1, 0.15) is 16.7 Å². The second-order valence-corrected chi connectivity index (χ2v) is 5.47. The molecule has 5 nitrogen and oxygen atoms in total. The van der Waals surface area contributed by atoms with Gasteiger partial charge in [0.2, 0.25) is 0 Å². The Kier molecular flexibility index (Phi) is 3.04. The monoisotopic (exact) mass is 313 g/mol. The van der Waals surface area contributed by atoms with Crippen LogP contribution in [0, 0.1) is 11.3 Å². The van der Waals surface area contributed by atoms with Crippen molar-refractivity contribution in [3.05, 3.63) is 82.4 Å². The predicted molar refractivity (Wildman–Crippen MR) is 87.7 cm³/mol. The van der Waals surface area contributed by atoms with E-state index in [4.69, 9.17) is 5.26 Å². The summed E-state index contributed by atoms with van der Waals surface area (Å²) in [6, 6.07) is 18.1. The SMILES string of the molecule is N#Cc1cccc(C2=C3C(=O)NC(c4ccccc4)=C3C(=O)N2)c1. The lowest BCUT2D eigenvalue weighted by atomic mass is 10.0. The molecule has 24 heavy (non-hydrogen) atoms. The third kappa shape index (κ3) is 2.02. The number of carbonyl (C=O) groups is 2. The minimum Gasteiger partial charge on any atom is -0.321 e. The van der Waals surface area contributed by atoms with Crippen molar-refractivity contribution in [1.82, 2.24) is 10.6 Å². The van der Waals surface area contributed by atoms with E-state index >= 15 is 0 Å². The number of nitrogens with one attached hydrogen (secondary N) is 2. The lowest BCUT2D eigenvalue weighted by molar-refractivity contribution is -0.117. The summed E-state index contributed by atoms with van der Waals surface area (Å²) in [6.07, 6.45) is 0. The van der Waals surface area contributed by atoms with Crippen LogP contribution in [-0.2, 0) is 9.59 Å². The number of hydrogen-bond donors (Lipinski definition) is 2. The highest BCUT2D eigenvalue weighted by Gasteiger charge is 2.40. The van der Waals surface area contributed by atoms with Gasteiger partial charge in [0.05, 0.1) is 34.2 Å². The van der Waals surface area contributed by atoms with Crippen molar-refractivity contribution in [1.29, 1.82) is 5.26 Å². The molecule has 2 amide bonds. The molecular weight excluding hydrogens is 302 g/mol. The Morgan fingerprint density at radius 1 is 0.750 bits per heavy atom. The van der Waals surface area contributed by atoms with E-state index in [1.807, 2.05) is 30.3 Å². The first-order chi connectivity index (χ1) is 11.7. The molecule has 2 aliphatic rings. The van der Waals surface area contributed by atoms with E-state index in [1.54, 1.807) is 24.3 Å². The highest BCUT2D eigenvalue weighted by Crippen LogP contribution is 2.37. The zero-order valence-corrected chi connectivity index (χ0v) is 12.5. The Morgan fingerprint density at radius 3 is 1.96 bits per heavy atom. The molecule has 4 rings (SSSR count). The summed E-state index contributed by atoms with van der Waals surface area (Å²) in [4.78, 5) is 24.9. The van der Waals surface area contributed by atoms with Gasteiger partial charge in [-0.15, -0.1) is 0 Å². The third-order valence-electron chi connectivity index (χ3n) is 4.02. The number of hydrogen-bond acceptors (Lipinski definition) is 3. The summed E-state index contributed by atoms with van der Waals surface area (Å²) >= 11 is 0. The lowest BCUT2D eigenvalue weighted by Crippen LogP contribution is -2.21. The molecule has 0 bridgehead atoms. The summed E-state index contributed by atoms with van der Waals surface area (Å²) in [7, 11) is 0. The minimum atomic E-state index is -0.320. The van der Waals surface area contributed by atoms with Crippen molar-refractivity contribution < 1.29 is 9.59 Å². The molecule has 5 heteroatoms. The topological polar surface area (TPSA) is 82.0 Å². The molecule has 2 N–H and O–H groups in total. The van der Waals surface area contributed by atoms with Gasteiger partial charge in [-0.25, -0.2) is 0 Å². The summed E-state index contributed by atoms with van der Waals surface area (Å²) < 4.78 is 0. The van der Waals surface area contributed by atoms with Crippen LogP contribution in [0.5, 0.6) is 0 Å². The smallest absolute Gasteiger partial charge is 0.258 e. The van der Waals surface area contributed by atoms with Gasteiger partial charge in [0.1, 0.15) is 0 Å². The van der Waals surface area contributed by atoms with E-state index in [-0.39, 0.29) is 11.8 Å². The Bertz CT molecular complexity index is 995. The molecule has 114 valence electrons. The Morgan fingerprint density at radius 2 is 1.33 bits per heavy atom. The Hall–Kier alpha value is -3.65. The fraction of sp³-hybridized carbons (Fsp3) is 0. The highest BCUT2D eigenvalue weighted by molar-refractivity contribution is 6.30. The van der Waals surface area contributed by atoms with Crippen LogP contribution < -0.4 is 10.6 Å². The van der Waals surface area contributed by atoms with Crippen molar-refractivity contribution in [3.8, 4) is 6.07 Å². The number of benzene rings is 2. The predicted octanol–water partition coefficient (Wildman–Crippen LogP) is 1.94. The highest BCUT2D eigenvalue weighted by atomic mass is 16.2. The Balaban J connectivity index is 1.92. The zero-order valence-electron chi connectivity index (χ0n) is 12.5. The normalized spacial score (nSPS) is 16.0. The average molecular weight is 313 g/mol. The molecule has 0 aliphatic carbocycles. The van der Waals surface area contributed by atoms with Gasteiger partial charge in [-0.3, -0.25) is 9.59 Å². The van der Waals surface area contributed by atoms with Gasteiger partial charge in [-0.1, -0.05) is 42.5 Å². The number of nitrogens with zero attached hydrogens (tertiary/aromatic N) is 1. The first-order valence-electron chi connectivity index (χ1n) is 7.36. The van der Waals surface area contributed by atoms with Crippen LogP contribution in [0.15, 0.2) is 65.7 Å². The van der Waals surface area contributed by atoms with Crippen LogP contribution in [-0.4, -0.2) is 11.8 Å². The van der Waals surface area contributed by atoms with Gasteiger partial charge in [0.15, 0.2) is 0 Å². The number of fused-ring (bicyclic) bond motifs is 1. The molecule has 2 aromatic rings. The maximum absolute atomic E-state index is 12.5. The number of rotatable bonds is 2. The maximum atomic E-state index is 12.5. The third-order valence-corrected chi connectivity index (χ3v) is 4.02. The molecule has 0 saturated carbocycles. The van der Waals surface area contributed by atoms with Crippen LogP contribution >= 0.6 is 0 Å². The number of nitriles is 1. The van der Waals surface area contributed by atoms with Gasteiger partial charge >= 0.3 is 0 Å². The standard InChI is InChI=1S/C19H11N3O2/c20-10-11-5-4-8-13(9-11)17-15-14(18(23)22-17)16(21-19(15)24)12-6-2-1-3-7-12/h1-9H,(H,21,24)(H,22,23). The molecule has 2 aliphatic heterocycles. The van der Waals surface area contributed by atoms with E-state index < -0.39 is 0 Å². The fourth-order valence-corrected chi connectivity index (χ4v) is 2.96. The quantitative estimate of drug-likeness (QED) is 0.889. The molecule has 2 heterocycles. The lowest BCUT2D eigenvalue weighted by Gasteiger charge is -2.07. The zero-order chi connectivity index (χ0) is 16.7. The van der Waals surface area contributed by atoms with Crippen molar-refractivity contribution in [2.45, 2.75) is 0 Å². The van der Waals surface area contributed by atoms with Crippen molar-refractivity contribution in [2.75, 3.05) is 0 Å². The summed E-state index contributed by atoms with van der Waals surface area (Å²) in [5.41, 5.74) is 3.51. The molecule has 0 atom stereocenters. The molecule has 0 saturated heterocycles. The first-order valence-corrected chi connectivity index (χ1v) is 7.36. The molecular formula is C19H11N3O2. The fourth-order valence-electron chi connectivity index (χ4n) is 2.96. The van der Waals surface area contributed by atoms with Crippen LogP contribution in [0.2, 0.25) is 0 Å².